The minimum Gasteiger partial charge on any atom is -0.507 e. The van der Waals surface area contributed by atoms with E-state index in [-0.39, 0.29) is 23.8 Å². The number of aryl methyl sites for hydroxylation is 1. The van der Waals surface area contributed by atoms with E-state index in [1.54, 1.807) is 50.9 Å². The second-order valence-corrected chi connectivity index (χ2v) is 9.13. The van der Waals surface area contributed by atoms with Gasteiger partial charge in [0.25, 0.3) is 11.7 Å². The first-order valence-electron chi connectivity index (χ1n) is 11.8. The van der Waals surface area contributed by atoms with E-state index in [1.807, 2.05) is 45.0 Å². The molecule has 2 heterocycles. The number of methoxy groups -OCH3 is 2. The van der Waals surface area contributed by atoms with Gasteiger partial charge in [-0.25, -0.2) is 0 Å². The number of benzene rings is 2. The molecule has 4 rings (SSSR count). The van der Waals surface area contributed by atoms with Crippen LogP contribution in [0.1, 0.15) is 53.6 Å². The van der Waals surface area contributed by atoms with Crippen molar-refractivity contribution >= 4 is 17.4 Å². The number of aromatic nitrogens is 1. The monoisotopic (exact) mass is 486 g/mol. The van der Waals surface area contributed by atoms with Crippen LogP contribution in [0.2, 0.25) is 0 Å². The Bertz CT molecular complexity index is 1310. The van der Waals surface area contributed by atoms with Crippen LogP contribution in [0.15, 0.2) is 66.5 Å². The molecule has 36 heavy (non-hydrogen) atoms. The number of pyridine rings is 1. The number of rotatable bonds is 7. The van der Waals surface area contributed by atoms with Gasteiger partial charge in [-0.2, -0.15) is 0 Å². The van der Waals surface area contributed by atoms with Gasteiger partial charge in [0.1, 0.15) is 17.3 Å². The minimum atomic E-state index is -0.787. The molecule has 1 atom stereocenters. The third-order valence-corrected chi connectivity index (χ3v) is 6.51. The lowest BCUT2D eigenvalue weighted by atomic mass is 9.91. The number of amides is 1. The highest BCUT2D eigenvalue weighted by molar-refractivity contribution is 6.46. The second kappa shape index (κ2) is 10.2. The topological polar surface area (TPSA) is 89.0 Å². The van der Waals surface area contributed by atoms with Crippen molar-refractivity contribution in [3.05, 3.63) is 94.3 Å². The average molecular weight is 487 g/mol. The first-order valence-corrected chi connectivity index (χ1v) is 11.8. The summed E-state index contributed by atoms with van der Waals surface area (Å²) in [5.74, 6) is -0.0730. The van der Waals surface area contributed by atoms with E-state index in [1.165, 1.54) is 4.90 Å². The van der Waals surface area contributed by atoms with Gasteiger partial charge in [-0.15, -0.1) is 0 Å². The van der Waals surface area contributed by atoms with Crippen molar-refractivity contribution in [2.24, 2.45) is 0 Å². The molecule has 1 fully saturated rings. The van der Waals surface area contributed by atoms with Crippen LogP contribution in [0.4, 0.5) is 0 Å². The van der Waals surface area contributed by atoms with E-state index < -0.39 is 17.7 Å². The molecule has 1 saturated heterocycles. The molecule has 1 unspecified atom stereocenters. The first-order chi connectivity index (χ1) is 17.3. The maximum Gasteiger partial charge on any atom is 0.295 e. The van der Waals surface area contributed by atoms with Gasteiger partial charge in [-0.1, -0.05) is 32.0 Å². The Morgan fingerprint density at radius 3 is 2.39 bits per heavy atom. The summed E-state index contributed by atoms with van der Waals surface area (Å²) in [6.07, 6.45) is 3.24. The van der Waals surface area contributed by atoms with Gasteiger partial charge in [0.05, 0.1) is 25.8 Å². The van der Waals surface area contributed by atoms with Gasteiger partial charge in [-0.3, -0.25) is 14.6 Å². The molecule has 186 valence electrons. The second-order valence-electron chi connectivity index (χ2n) is 9.13. The SMILES string of the molecule is COc1ccc(CN2C(=O)C(=O)/C(=C(/O)c3cc(C(C)C)c(OC)cc3C)C2c2cccnc2)cc1. The molecule has 3 aromatic rings. The van der Waals surface area contributed by atoms with Gasteiger partial charge in [0.2, 0.25) is 0 Å². The zero-order valence-electron chi connectivity index (χ0n) is 21.1. The van der Waals surface area contributed by atoms with E-state index in [9.17, 15) is 14.7 Å². The molecule has 0 aliphatic carbocycles. The molecule has 0 radical (unpaired) electrons. The maximum absolute atomic E-state index is 13.4. The molecule has 7 heteroatoms. The van der Waals surface area contributed by atoms with Gasteiger partial charge in [0.15, 0.2) is 0 Å². The summed E-state index contributed by atoms with van der Waals surface area (Å²) in [6, 6.07) is 13.8. The molecule has 2 aromatic carbocycles. The van der Waals surface area contributed by atoms with Gasteiger partial charge in [-0.05, 0) is 65.4 Å². The van der Waals surface area contributed by atoms with Crippen molar-refractivity contribution in [1.82, 2.24) is 9.88 Å². The summed E-state index contributed by atoms with van der Waals surface area (Å²) in [4.78, 5) is 32.4. The molecular weight excluding hydrogens is 456 g/mol. The van der Waals surface area contributed by atoms with Crippen LogP contribution in [0.3, 0.4) is 0 Å². The normalized spacial score (nSPS) is 17.1. The molecule has 1 aliphatic rings. The zero-order chi connectivity index (χ0) is 26.0. The fourth-order valence-electron chi connectivity index (χ4n) is 4.58. The number of aliphatic hydroxyl groups is 1. The molecule has 1 N–H and O–H groups in total. The zero-order valence-corrected chi connectivity index (χ0v) is 21.1. The van der Waals surface area contributed by atoms with E-state index in [0.29, 0.717) is 22.6 Å². The number of hydrogen-bond acceptors (Lipinski definition) is 6. The number of carbonyl (C=O) groups excluding carboxylic acids is 2. The molecule has 7 nitrogen and oxygen atoms in total. The Morgan fingerprint density at radius 2 is 1.81 bits per heavy atom. The van der Waals surface area contributed by atoms with Crippen molar-refractivity contribution < 1.29 is 24.2 Å². The predicted octanol–water partition coefficient (Wildman–Crippen LogP) is 5.15. The van der Waals surface area contributed by atoms with Gasteiger partial charge >= 0.3 is 0 Å². The van der Waals surface area contributed by atoms with Crippen LogP contribution in [0.25, 0.3) is 5.76 Å². The number of Topliss-reactive ketones (excluding diaryl/α,β-unsaturated/α-hetero) is 1. The number of ketones is 1. The Morgan fingerprint density at radius 1 is 1.08 bits per heavy atom. The summed E-state index contributed by atoms with van der Waals surface area (Å²) < 4.78 is 10.8. The third kappa shape index (κ3) is 4.56. The summed E-state index contributed by atoms with van der Waals surface area (Å²) in [6.45, 7) is 6.08. The molecule has 1 aliphatic heterocycles. The Labute approximate surface area is 211 Å². The quantitative estimate of drug-likeness (QED) is 0.282. The Balaban J connectivity index is 1.87. The predicted molar refractivity (Wildman–Crippen MR) is 137 cm³/mol. The molecule has 0 bridgehead atoms. The van der Waals surface area contributed by atoms with Crippen molar-refractivity contribution in [2.45, 2.75) is 39.3 Å². The maximum atomic E-state index is 13.4. The molecule has 0 saturated carbocycles. The molecule has 1 amide bonds. The lowest BCUT2D eigenvalue weighted by molar-refractivity contribution is -0.140. The highest BCUT2D eigenvalue weighted by atomic mass is 16.5. The fourth-order valence-corrected chi connectivity index (χ4v) is 4.58. The molecule has 0 spiro atoms. The number of nitrogens with zero attached hydrogens (tertiary/aromatic N) is 2. The standard InChI is InChI=1S/C29H30N2O5/c1-17(2)22-14-23(18(3)13-24(22)36-5)27(32)25-26(20-7-6-12-30-15-20)31(29(34)28(25)33)16-19-8-10-21(35-4)11-9-19/h6-15,17,26,32H,16H2,1-5H3/b27-25+. The Hall–Kier alpha value is -4.13. The van der Waals surface area contributed by atoms with Crippen molar-refractivity contribution in [3.8, 4) is 11.5 Å². The van der Waals surface area contributed by atoms with Gasteiger partial charge in [0, 0.05) is 24.5 Å². The molecular formula is C29H30N2O5. The van der Waals surface area contributed by atoms with E-state index in [4.69, 9.17) is 9.47 Å². The van der Waals surface area contributed by atoms with Crippen molar-refractivity contribution in [3.63, 3.8) is 0 Å². The van der Waals surface area contributed by atoms with Crippen LogP contribution in [-0.4, -0.2) is 40.9 Å². The number of likely N-dealkylation sites (tertiary alicyclic amines) is 1. The largest absolute Gasteiger partial charge is 0.507 e. The van der Waals surface area contributed by atoms with Crippen LogP contribution in [-0.2, 0) is 16.1 Å². The minimum absolute atomic E-state index is 0.0458. The first kappa shape index (κ1) is 25.0. The summed E-state index contributed by atoms with van der Waals surface area (Å²) in [5.41, 5.74) is 3.65. The highest BCUT2D eigenvalue weighted by Gasteiger charge is 2.46. The highest BCUT2D eigenvalue weighted by Crippen LogP contribution is 2.41. The van der Waals surface area contributed by atoms with Crippen LogP contribution < -0.4 is 9.47 Å². The number of carbonyl (C=O) groups is 2. The van der Waals surface area contributed by atoms with Crippen molar-refractivity contribution in [1.29, 1.82) is 0 Å². The van der Waals surface area contributed by atoms with E-state index in [0.717, 1.165) is 16.7 Å². The van der Waals surface area contributed by atoms with Gasteiger partial charge < -0.3 is 19.5 Å². The lowest BCUT2D eigenvalue weighted by Gasteiger charge is -2.25. The summed E-state index contributed by atoms with van der Waals surface area (Å²) in [5, 5.41) is 11.5. The Kier molecular flexibility index (Phi) is 7.10. The van der Waals surface area contributed by atoms with Crippen LogP contribution in [0.5, 0.6) is 11.5 Å². The van der Waals surface area contributed by atoms with Crippen LogP contribution >= 0.6 is 0 Å². The number of hydrogen-bond donors (Lipinski definition) is 1. The lowest BCUT2D eigenvalue weighted by Crippen LogP contribution is -2.29. The summed E-state index contributed by atoms with van der Waals surface area (Å²) >= 11 is 0. The van der Waals surface area contributed by atoms with E-state index in [2.05, 4.69) is 4.98 Å². The fraction of sp³-hybridized carbons (Fsp3) is 0.276. The average Bonchev–Trinajstić information content (AvgIpc) is 3.13. The number of ether oxygens (including phenoxy) is 2. The third-order valence-electron chi connectivity index (χ3n) is 6.51. The smallest absolute Gasteiger partial charge is 0.295 e. The van der Waals surface area contributed by atoms with Crippen molar-refractivity contribution in [2.75, 3.05) is 14.2 Å². The number of aliphatic hydroxyl groups excluding tert-OH is 1. The summed E-state index contributed by atoms with van der Waals surface area (Å²) in [7, 11) is 3.19. The van der Waals surface area contributed by atoms with Crippen LogP contribution in [0, 0.1) is 6.92 Å². The van der Waals surface area contributed by atoms with E-state index >= 15 is 0 Å². The molecule has 1 aromatic heterocycles.